The molecule has 0 amide bonds. The van der Waals surface area contributed by atoms with Crippen LogP contribution in [0, 0.1) is 5.92 Å². The summed E-state index contributed by atoms with van der Waals surface area (Å²) < 4.78 is 1.16. The first-order chi connectivity index (χ1) is 7.61. The number of benzene rings is 1. The van der Waals surface area contributed by atoms with Gasteiger partial charge in [-0.1, -0.05) is 41.9 Å². The van der Waals surface area contributed by atoms with Crippen LogP contribution in [0.4, 0.5) is 0 Å². The van der Waals surface area contributed by atoms with Gasteiger partial charge in [0.25, 0.3) is 0 Å². The highest BCUT2D eigenvalue weighted by Gasteiger charge is 2.08. The Balaban J connectivity index is 2.39. The largest absolute Gasteiger partial charge is 0.315 e. The van der Waals surface area contributed by atoms with E-state index in [-0.39, 0.29) is 0 Å². The number of halogens is 1. The predicted octanol–water partition coefficient (Wildman–Crippen LogP) is 4.02. The molecule has 1 nitrogen and oxygen atoms in total. The minimum atomic E-state index is 0.621. The Morgan fingerprint density at radius 3 is 2.38 bits per heavy atom. The number of hydrogen-bond donors (Lipinski definition) is 1. The second kappa shape index (κ2) is 7.08. The highest BCUT2D eigenvalue weighted by Crippen LogP contribution is 2.16. The molecule has 0 saturated heterocycles. The molecule has 0 aliphatic heterocycles. The molecular weight excluding hydrogens is 262 g/mol. The van der Waals surface area contributed by atoms with E-state index in [0.717, 1.165) is 16.9 Å². The quantitative estimate of drug-likeness (QED) is 0.832. The molecular formula is C14H22BrN. The van der Waals surface area contributed by atoms with E-state index in [1.54, 1.807) is 0 Å². The number of hydrogen-bond acceptors (Lipinski definition) is 1. The number of rotatable bonds is 6. The molecule has 1 aromatic carbocycles. The monoisotopic (exact) mass is 283 g/mol. The molecule has 0 fully saturated rings. The summed E-state index contributed by atoms with van der Waals surface area (Å²) in [6.07, 6.45) is 2.41. The van der Waals surface area contributed by atoms with Gasteiger partial charge in [-0.05, 0) is 49.9 Å². The second-order valence-electron chi connectivity index (χ2n) is 4.63. The van der Waals surface area contributed by atoms with E-state index in [4.69, 9.17) is 0 Å². The van der Waals surface area contributed by atoms with E-state index >= 15 is 0 Å². The van der Waals surface area contributed by atoms with E-state index in [9.17, 15) is 0 Å². The molecule has 2 heteroatoms. The van der Waals surface area contributed by atoms with Gasteiger partial charge in [0.2, 0.25) is 0 Å². The average Bonchev–Trinajstić information content (AvgIpc) is 2.21. The van der Waals surface area contributed by atoms with Crippen LogP contribution in [0.5, 0.6) is 0 Å². The third-order valence-corrected chi connectivity index (χ3v) is 3.33. The molecule has 1 N–H and O–H groups in total. The highest BCUT2D eigenvalue weighted by atomic mass is 79.9. The Hall–Kier alpha value is -0.340. The summed E-state index contributed by atoms with van der Waals surface area (Å²) in [7, 11) is 0. The lowest BCUT2D eigenvalue weighted by atomic mass is 9.95. The normalized spacial score (nSPS) is 14.8. The summed E-state index contributed by atoms with van der Waals surface area (Å²) in [6, 6.07) is 9.28. The van der Waals surface area contributed by atoms with Crippen LogP contribution in [0.3, 0.4) is 0 Å². The molecule has 90 valence electrons. The lowest BCUT2D eigenvalue weighted by Crippen LogP contribution is -2.27. The van der Waals surface area contributed by atoms with Crippen molar-refractivity contribution in [2.45, 2.75) is 39.7 Å². The van der Waals surface area contributed by atoms with Crippen LogP contribution >= 0.6 is 15.9 Å². The SMILES string of the molecule is CCNC(C)CC(C)Cc1ccc(Br)cc1. The summed E-state index contributed by atoms with van der Waals surface area (Å²) in [5.41, 5.74) is 1.43. The summed E-state index contributed by atoms with van der Waals surface area (Å²) in [5, 5.41) is 3.46. The molecule has 2 unspecified atom stereocenters. The first-order valence-electron chi connectivity index (χ1n) is 6.09. The summed E-state index contributed by atoms with van der Waals surface area (Å²) in [6.45, 7) is 7.82. The molecule has 0 spiro atoms. The fraction of sp³-hybridized carbons (Fsp3) is 0.571. The van der Waals surface area contributed by atoms with E-state index in [2.05, 4.69) is 66.3 Å². The van der Waals surface area contributed by atoms with Gasteiger partial charge < -0.3 is 5.32 Å². The molecule has 0 heterocycles. The van der Waals surface area contributed by atoms with E-state index < -0.39 is 0 Å². The van der Waals surface area contributed by atoms with Crippen molar-refractivity contribution in [3.8, 4) is 0 Å². The van der Waals surface area contributed by atoms with Gasteiger partial charge in [-0.25, -0.2) is 0 Å². The van der Waals surface area contributed by atoms with Gasteiger partial charge in [0.05, 0.1) is 0 Å². The van der Waals surface area contributed by atoms with E-state index in [1.165, 1.54) is 18.4 Å². The maximum absolute atomic E-state index is 3.46. The Bertz CT molecular complexity index is 294. The second-order valence-corrected chi connectivity index (χ2v) is 5.55. The van der Waals surface area contributed by atoms with Crippen molar-refractivity contribution in [2.75, 3.05) is 6.54 Å². The van der Waals surface area contributed by atoms with Gasteiger partial charge in [-0.2, -0.15) is 0 Å². The van der Waals surface area contributed by atoms with Crippen molar-refractivity contribution in [3.05, 3.63) is 34.3 Å². The average molecular weight is 284 g/mol. The molecule has 0 radical (unpaired) electrons. The lowest BCUT2D eigenvalue weighted by Gasteiger charge is -2.18. The molecule has 16 heavy (non-hydrogen) atoms. The topological polar surface area (TPSA) is 12.0 Å². The van der Waals surface area contributed by atoms with Crippen LogP contribution in [0.25, 0.3) is 0 Å². The summed E-state index contributed by atoms with van der Waals surface area (Å²) in [5.74, 6) is 0.732. The molecule has 0 aliphatic carbocycles. The van der Waals surface area contributed by atoms with Crippen molar-refractivity contribution in [3.63, 3.8) is 0 Å². The highest BCUT2D eigenvalue weighted by molar-refractivity contribution is 9.10. The number of nitrogens with one attached hydrogen (secondary N) is 1. The fourth-order valence-corrected chi connectivity index (χ4v) is 2.41. The minimum Gasteiger partial charge on any atom is -0.315 e. The van der Waals surface area contributed by atoms with Gasteiger partial charge >= 0.3 is 0 Å². The third kappa shape index (κ3) is 5.13. The predicted molar refractivity (Wildman–Crippen MR) is 74.8 cm³/mol. The first kappa shape index (κ1) is 13.7. The summed E-state index contributed by atoms with van der Waals surface area (Å²) >= 11 is 3.46. The Morgan fingerprint density at radius 1 is 1.19 bits per heavy atom. The Labute approximate surface area is 108 Å². The molecule has 0 bridgehead atoms. The molecule has 1 aromatic rings. The van der Waals surface area contributed by atoms with Crippen LogP contribution in [0.15, 0.2) is 28.7 Å². The zero-order valence-electron chi connectivity index (χ0n) is 10.5. The molecule has 1 rings (SSSR count). The van der Waals surface area contributed by atoms with Crippen molar-refractivity contribution in [1.29, 1.82) is 0 Å². The molecule has 2 atom stereocenters. The molecule has 0 saturated carbocycles. The zero-order chi connectivity index (χ0) is 12.0. The van der Waals surface area contributed by atoms with Gasteiger partial charge in [0.15, 0.2) is 0 Å². The van der Waals surface area contributed by atoms with Crippen molar-refractivity contribution >= 4 is 15.9 Å². The van der Waals surface area contributed by atoms with Gasteiger partial charge in [0, 0.05) is 10.5 Å². The Morgan fingerprint density at radius 2 is 1.81 bits per heavy atom. The minimum absolute atomic E-state index is 0.621. The lowest BCUT2D eigenvalue weighted by molar-refractivity contribution is 0.426. The van der Waals surface area contributed by atoms with Crippen LogP contribution < -0.4 is 5.32 Å². The maximum atomic E-state index is 3.46. The van der Waals surface area contributed by atoms with Crippen LogP contribution in [-0.2, 0) is 6.42 Å². The standard InChI is InChI=1S/C14H22BrN/c1-4-16-12(3)9-11(2)10-13-5-7-14(15)8-6-13/h5-8,11-12,16H,4,9-10H2,1-3H3. The van der Waals surface area contributed by atoms with Gasteiger partial charge in [0.1, 0.15) is 0 Å². The van der Waals surface area contributed by atoms with E-state index in [0.29, 0.717) is 6.04 Å². The summed E-state index contributed by atoms with van der Waals surface area (Å²) in [4.78, 5) is 0. The van der Waals surface area contributed by atoms with E-state index in [1.807, 2.05) is 0 Å². The molecule has 0 aromatic heterocycles. The van der Waals surface area contributed by atoms with Gasteiger partial charge in [-0.15, -0.1) is 0 Å². The third-order valence-electron chi connectivity index (χ3n) is 2.81. The Kier molecular flexibility index (Phi) is 6.07. The zero-order valence-corrected chi connectivity index (χ0v) is 12.0. The fourth-order valence-electron chi connectivity index (χ4n) is 2.14. The smallest absolute Gasteiger partial charge is 0.0175 e. The van der Waals surface area contributed by atoms with Crippen molar-refractivity contribution in [1.82, 2.24) is 5.32 Å². The van der Waals surface area contributed by atoms with Crippen molar-refractivity contribution in [2.24, 2.45) is 5.92 Å². The van der Waals surface area contributed by atoms with Crippen LogP contribution in [-0.4, -0.2) is 12.6 Å². The van der Waals surface area contributed by atoms with Crippen LogP contribution in [0.1, 0.15) is 32.8 Å². The molecule has 0 aliphatic rings. The maximum Gasteiger partial charge on any atom is 0.0175 e. The first-order valence-corrected chi connectivity index (χ1v) is 6.89. The van der Waals surface area contributed by atoms with Crippen molar-refractivity contribution < 1.29 is 0 Å². The van der Waals surface area contributed by atoms with Gasteiger partial charge in [-0.3, -0.25) is 0 Å². The van der Waals surface area contributed by atoms with Crippen LogP contribution in [0.2, 0.25) is 0 Å².